The molecule has 1 atom stereocenters. The number of nitrogens with zero attached hydrogens (tertiary/aromatic N) is 3. The summed E-state index contributed by atoms with van der Waals surface area (Å²) in [7, 11) is 0. The van der Waals surface area contributed by atoms with Crippen molar-refractivity contribution in [1.82, 2.24) is 14.5 Å². The molecule has 21 heavy (non-hydrogen) atoms. The first-order chi connectivity index (χ1) is 10.1. The molecule has 0 aliphatic rings. The molecule has 0 aliphatic carbocycles. The zero-order valence-corrected chi connectivity index (χ0v) is 11.9. The minimum Gasteiger partial charge on any atom is -0.385 e. The summed E-state index contributed by atoms with van der Waals surface area (Å²) in [6, 6.07) is 8.50. The molecule has 0 saturated heterocycles. The summed E-state index contributed by atoms with van der Waals surface area (Å²) in [6.07, 6.45) is 2.25. The van der Waals surface area contributed by atoms with Crippen LogP contribution in [0.25, 0.3) is 16.6 Å². The van der Waals surface area contributed by atoms with Crippen molar-refractivity contribution in [2.45, 2.75) is 13.0 Å². The van der Waals surface area contributed by atoms with Crippen molar-refractivity contribution in [3.63, 3.8) is 0 Å². The molecule has 0 bridgehead atoms. The van der Waals surface area contributed by atoms with E-state index in [2.05, 4.69) is 9.97 Å². The number of fused-ring (bicyclic) bond motifs is 1. The minimum absolute atomic E-state index is 0.253. The quantitative estimate of drug-likeness (QED) is 0.789. The molecule has 0 saturated carbocycles. The lowest BCUT2D eigenvalue weighted by atomic mass is 10.2. The van der Waals surface area contributed by atoms with E-state index in [1.807, 2.05) is 0 Å². The zero-order chi connectivity index (χ0) is 15.0. The lowest BCUT2D eigenvalue weighted by Gasteiger charge is -2.15. The molecule has 106 valence electrons. The lowest BCUT2D eigenvalue weighted by Crippen LogP contribution is -2.25. The SMILES string of the molecule is C[C@@H](O)c1nc2cccc(Cl)c2c(=O)n1-c1cccnc1. The summed E-state index contributed by atoms with van der Waals surface area (Å²) in [5, 5.41) is 10.6. The molecule has 0 spiro atoms. The van der Waals surface area contributed by atoms with Gasteiger partial charge in [0.15, 0.2) is 0 Å². The molecule has 0 amide bonds. The summed E-state index contributed by atoms with van der Waals surface area (Å²) >= 11 is 6.12. The number of aliphatic hydroxyl groups is 1. The predicted molar refractivity (Wildman–Crippen MR) is 80.8 cm³/mol. The Balaban J connectivity index is 2.47. The van der Waals surface area contributed by atoms with Gasteiger partial charge in [-0.1, -0.05) is 17.7 Å². The molecule has 1 aromatic carbocycles. The molecule has 1 N–H and O–H groups in total. The Bertz CT molecular complexity index is 860. The van der Waals surface area contributed by atoms with Gasteiger partial charge in [0, 0.05) is 6.20 Å². The third-order valence-corrected chi connectivity index (χ3v) is 3.47. The fraction of sp³-hybridized carbons (Fsp3) is 0.133. The van der Waals surface area contributed by atoms with Crippen molar-refractivity contribution >= 4 is 22.5 Å². The molecule has 2 heterocycles. The standard InChI is InChI=1S/C15H12ClN3O2/c1-9(20)14-18-12-6-2-5-11(16)13(12)15(21)19(14)10-4-3-7-17-8-10/h2-9,20H,1H3/t9-/m1/s1. The van der Waals surface area contributed by atoms with Gasteiger partial charge in [0.2, 0.25) is 0 Å². The summed E-state index contributed by atoms with van der Waals surface area (Å²) in [5.41, 5.74) is 0.672. The molecular weight excluding hydrogens is 290 g/mol. The van der Waals surface area contributed by atoms with Crippen LogP contribution in [0, 0.1) is 0 Å². The smallest absolute Gasteiger partial charge is 0.267 e. The Hall–Kier alpha value is -2.24. The van der Waals surface area contributed by atoms with Gasteiger partial charge >= 0.3 is 0 Å². The third kappa shape index (κ3) is 2.30. The van der Waals surface area contributed by atoms with Crippen LogP contribution in [0.2, 0.25) is 5.02 Å². The number of hydrogen-bond donors (Lipinski definition) is 1. The molecule has 6 heteroatoms. The molecule has 0 unspecified atom stereocenters. The van der Waals surface area contributed by atoms with Gasteiger partial charge < -0.3 is 5.11 Å². The number of aliphatic hydroxyl groups excluding tert-OH is 1. The second kappa shape index (κ2) is 5.27. The first-order valence-electron chi connectivity index (χ1n) is 6.39. The summed E-state index contributed by atoms with van der Waals surface area (Å²) in [5.74, 6) is 0.253. The van der Waals surface area contributed by atoms with Crippen LogP contribution in [-0.4, -0.2) is 19.6 Å². The van der Waals surface area contributed by atoms with E-state index in [0.717, 1.165) is 0 Å². The monoisotopic (exact) mass is 301 g/mol. The summed E-state index contributed by atoms with van der Waals surface area (Å²) < 4.78 is 1.34. The van der Waals surface area contributed by atoms with Crippen LogP contribution in [-0.2, 0) is 0 Å². The van der Waals surface area contributed by atoms with Crippen molar-refractivity contribution in [2.24, 2.45) is 0 Å². The van der Waals surface area contributed by atoms with E-state index in [1.54, 1.807) is 43.5 Å². The predicted octanol–water partition coefficient (Wildman–Crippen LogP) is 2.49. The molecule has 0 aliphatic heterocycles. The maximum atomic E-state index is 12.8. The van der Waals surface area contributed by atoms with Crippen molar-refractivity contribution in [2.75, 3.05) is 0 Å². The Kier molecular flexibility index (Phi) is 3.45. The highest BCUT2D eigenvalue weighted by Crippen LogP contribution is 2.22. The molecule has 2 aromatic heterocycles. The van der Waals surface area contributed by atoms with Crippen molar-refractivity contribution in [3.05, 3.63) is 63.9 Å². The van der Waals surface area contributed by atoms with E-state index in [4.69, 9.17) is 11.6 Å². The number of pyridine rings is 1. The van der Waals surface area contributed by atoms with Gasteiger partial charge in [-0.05, 0) is 31.2 Å². The van der Waals surface area contributed by atoms with E-state index in [9.17, 15) is 9.90 Å². The van der Waals surface area contributed by atoms with Crippen LogP contribution in [0.15, 0.2) is 47.5 Å². The van der Waals surface area contributed by atoms with Gasteiger partial charge in [0.25, 0.3) is 5.56 Å². The van der Waals surface area contributed by atoms with Crippen LogP contribution in [0.3, 0.4) is 0 Å². The topological polar surface area (TPSA) is 68.0 Å². The van der Waals surface area contributed by atoms with Crippen LogP contribution < -0.4 is 5.56 Å². The zero-order valence-electron chi connectivity index (χ0n) is 11.2. The molecule has 3 rings (SSSR count). The van der Waals surface area contributed by atoms with Gasteiger partial charge in [0.1, 0.15) is 11.9 Å². The van der Waals surface area contributed by atoms with Crippen LogP contribution in [0.1, 0.15) is 18.9 Å². The van der Waals surface area contributed by atoms with E-state index in [1.165, 1.54) is 10.8 Å². The Morgan fingerprint density at radius 3 is 2.76 bits per heavy atom. The fourth-order valence-electron chi connectivity index (χ4n) is 2.22. The van der Waals surface area contributed by atoms with Gasteiger partial charge in [0.05, 0.1) is 27.8 Å². The highest BCUT2D eigenvalue weighted by molar-refractivity contribution is 6.35. The molecule has 5 nitrogen and oxygen atoms in total. The van der Waals surface area contributed by atoms with Crippen molar-refractivity contribution in [1.29, 1.82) is 0 Å². The Labute approximate surface area is 125 Å². The average Bonchev–Trinajstić information content (AvgIpc) is 2.47. The van der Waals surface area contributed by atoms with E-state index < -0.39 is 6.10 Å². The highest BCUT2D eigenvalue weighted by atomic mass is 35.5. The summed E-state index contributed by atoms with van der Waals surface area (Å²) in [4.78, 5) is 21.2. The third-order valence-electron chi connectivity index (χ3n) is 3.15. The van der Waals surface area contributed by atoms with E-state index >= 15 is 0 Å². The first kappa shape index (κ1) is 13.7. The van der Waals surface area contributed by atoms with Crippen LogP contribution >= 0.6 is 11.6 Å². The normalized spacial score (nSPS) is 12.5. The lowest BCUT2D eigenvalue weighted by molar-refractivity contribution is 0.186. The van der Waals surface area contributed by atoms with Crippen LogP contribution in [0.5, 0.6) is 0 Å². The Morgan fingerprint density at radius 1 is 1.29 bits per heavy atom. The second-order valence-electron chi connectivity index (χ2n) is 4.63. The number of halogens is 1. The van der Waals surface area contributed by atoms with Gasteiger partial charge in [-0.2, -0.15) is 0 Å². The molecular formula is C15H12ClN3O2. The molecule has 0 radical (unpaired) electrons. The van der Waals surface area contributed by atoms with Gasteiger partial charge in [-0.25, -0.2) is 4.98 Å². The fourth-order valence-corrected chi connectivity index (χ4v) is 2.47. The summed E-state index contributed by atoms with van der Waals surface area (Å²) in [6.45, 7) is 1.56. The van der Waals surface area contributed by atoms with Gasteiger partial charge in [-0.3, -0.25) is 14.3 Å². The number of benzene rings is 1. The maximum Gasteiger partial charge on any atom is 0.267 e. The largest absolute Gasteiger partial charge is 0.385 e. The second-order valence-corrected chi connectivity index (χ2v) is 5.04. The Morgan fingerprint density at radius 2 is 2.10 bits per heavy atom. The maximum absolute atomic E-state index is 12.8. The first-order valence-corrected chi connectivity index (χ1v) is 6.77. The van der Waals surface area contributed by atoms with Gasteiger partial charge in [-0.15, -0.1) is 0 Å². The number of aromatic nitrogens is 3. The van der Waals surface area contributed by atoms with E-state index in [0.29, 0.717) is 21.6 Å². The highest BCUT2D eigenvalue weighted by Gasteiger charge is 2.17. The van der Waals surface area contributed by atoms with E-state index in [-0.39, 0.29) is 11.4 Å². The van der Waals surface area contributed by atoms with Crippen molar-refractivity contribution in [3.8, 4) is 5.69 Å². The number of hydrogen-bond acceptors (Lipinski definition) is 4. The molecule has 0 fully saturated rings. The van der Waals surface area contributed by atoms with Crippen LogP contribution in [0.4, 0.5) is 0 Å². The minimum atomic E-state index is -0.902. The molecule has 3 aromatic rings. The number of rotatable bonds is 2. The average molecular weight is 302 g/mol. The van der Waals surface area contributed by atoms with Crippen molar-refractivity contribution < 1.29 is 5.11 Å².